The Morgan fingerprint density at radius 2 is 2.00 bits per heavy atom. The molecule has 182 valence electrons. The third kappa shape index (κ3) is 4.22. The number of aromatic amines is 1. The van der Waals surface area contributed by atoms with Gasteiger partial charge in [-0.2, -0.15) is 5.10 Å². The average Bonchev–Trinajstić information content (AvgIpc) is 3.58. The normalized spacial score (nSPS) is 16.4. The number of hydrogen-bond donors (Lipinski definition) is 1. The Bertz CT molecular complexity index is 1500. The van der Waals surface area contributed by atoms with E-state index in [0.717, 1.165) is 59.3 Å². The van der Waals surface area contributed by atoms with Crippen molar-refractivity contribution in [2.75, 3.05) is 20.2 Å². The molecule has 1 fully saturated rings. The van der Waals surface area contributed by atoms with Gasteiger partial charge in [0.25, 0.3) is 0 Å². The van der Waals surface area contributed by atoms with E-state index in [-0.39, 0.29) is 11.9 Å². The third-order valence-corrected chi connectivity index (χ3v) is 6.85. The molecule has 5 aromatic rings. The maximum atomic E-state index is 14.5. The van der Waals surface area contributed by atoms with Crippen LogP contribution in [0.15, 0.2) is 67.1 Å². The second-order valence-electron chi connectivity index (χ2n) is 9.10. The predicted octanol–water partition coefficient (Wildman–Crippen LogP) is 4.87. The summed E-state index contributed by atoms with van der Waals surface area (Å²) in [7, 11) is 1.58. The van der Waals surface area contributed by atoms with E-state index in [2.05, 4.69) is 36.5 Å². The molecule has 3 aromatic heterocycles. The topological polar surface area (TPSA) is 84.8 Å². The number of ether oxygens (including phenoxy) is 1. The van der Waals surface area contributed by atoms with Crippen molar-refractivity contribution in [1.82, 2.24) is 35.1 Å². The molecule has 0 radical (unpaired) electrons. The number of fused-ring (bicyclic) bond motifs is 1. The first-order chi connectivity index (χ1) is 17.7. The Labute approximate surface area is 207 Å². The van der Waals surface area contributed by atoms with Crippen molar-refractivity contribution in [2.24, 2.45) is 0 Å². The van der Waals surface area contributed by atoms with Gasteiger partial charge in [-0.3, -0.25) is 15.0 Å². The summed E-state index contributed by atoms with van der Waals surface area (Å²) >= 11 is 0. The zero-order chi connectivity index (χ0) is 24.5. The summed E-state index contributed by atoms with van der Waals surface area (Å²) < 4.78 is 21.8. The fourth-order valence-electron chi connectivity index (χ4n) is 4.99. The number of pyridine rings is 1. The van der Waals surface area contributed by atoms with Crippen molar-refractivity contribution in [3.8, 4) is 28.3 Å². The van der Waals surface area contributed by atoms with E-state index in [0.29, 0.717) is 17.9 Å². The molecule has 1 N–H and O–H groups in total. The SMILES string of the molecule is COc1cccc(F)c1CN1CCC[C@@H](n2cc(-c3ccc4[nH]nc(-c5ccncc5)c4c3)nn2)C1. The van der Waals surface area contributed by atoms with E-state index in [4.69, 9.17) is 4.74 Å². The van der Waals surface area contributed by atoms with Gasteiger partial charge in [0.15, 0.2) is 0 Å². The fourth-order valence-corrected chi connectivity index (χ4v) is 4.99. The van der Waals surface area contributed by atoms with Crippen LogP contribution >= 0.6 is 0 Å². The zero-order valence-electron chi connectivity index (χ0n) is 19.9. The van der Waals surface area contributed by atoms with Gasteiger partial charge in [-0.25, -0.2) is 9.07 Å². The first kappa shape index (κ1) is 22.4. The average molecular weight is 484 g/mol. The standard InChI is InChI=1S/C27H26FN7O/c1-36-26-6-2-5-23(28)22(26)16-34-13-3-4-20(15-34)35-17-25(31-33-35)19-7-8-24-21(14-19)27(32-30-24)18-9-11-29-12-10-18/h2,5-12,14,17,20H,3-4,13,15-16H2,1H3,(H,30,32)/t20-/m1/s1. The van der Waals surface area contributed by atoms with Gasteiger partial charge in [0.05, 0.1) is 24.9 Å². The summed E-state index contributed by atoms with van der Waals surface area (Å²) in [5, 5.41) is 17.6. The van der Waals surface area contributed by atoms with Gasteiger partial charge in [-0.05, 0) is 55.8 Å². The molecule has 0 spiro atoms. The van der Waals surface area contributed by atoms with Crippen LogP contribution < -0.4 is 4.74 Å². The molecule has 2 aromatic carbocycles. The van der Waals surface area contributed by atoms with E-state index < -0.39 is 0 Å². The molecule has 0 unspecified atom stereocenters. The predicted molar refractivity (Wildman–Crippen MR) is 135 cm³/mol. The molecule has 0 amide bonds. The Balaban J connectivity index is 1.23. The highest BCUT2D eigenvalue weighted by molar-refractivity contribution is 5.95. The number of hydrogen-bond acceptors (Lipinski definition) is 6. The second-order valence-corrected chi connectivity index (χ2v) is 9.10. The van der Waals surface area contributed by atoms with E-state index in [1.807, 2.05) is 35.1 Å². The third-order valence-electron chi connectivity index (χ3n) is 6.85. The quantitative estimate of drug-likeness (QED) is 0.371. The molecule has 6 rings (SSSR count). The first-order valence-corrected chi connectivity index (χ1v) is 12.0. The summed E-state index contributed by atoms with van der Waals surface area (Å²) in [6.45, 7) is 2.18. The maximum Gasteiger partial charge on any atom is 0.131 e. The van der Waals surface area contributed by atoms with Crippen LogP contribution in [-0.2, 0) is 6.54 Å². The van der Waals surface area contributed by atoms with Gasteiger partial charge in [0, 0.05) is 47.6 Å². The molecule has 9 heteroatoms. The van der Waals surface area contributed by atoms with Crippen LogP contribution in [0.25, 0.3) is 33.4 Å². The number of rotatable bonds is 6. The van der Waals surface area contributed by atoms with Crippen LogP contribution in [0.2, 0.25) is 0 Å². The highest BCUT2D eigenvalue weighted by atomic mass is 19.1. The van der Waals surface area contributed by atoms with Crippen LogP contribution in [-0.4, -0.2) is 55.3 Å². The van der Waals surface area contributed by atoms with E-state index in [1.54, 1.807) is 31.6 Å². The van der Waals surface area contributed by atoms with Gasteiger partial charge in [0.2, 0.25) is 0 Å². The molecular weight excluding hydrogens is 457 g/mol. The molecule has 1 saturated heterocycles. The first-order valence-electron chi connectivity index (χ1n) is 12.0. The minimum atomic E-state index is -0.236. The maximum absolute atomic E-state index is 14.5. The van der Waals surface area contributed by atoms with Gasteiger partial charge in [-0.15, -0.1) is 5.10 Å². The number of nitrogens with zero attached hydrogens (tertiary/aromatic N) is 6. The van der Waals surface area contributed by atoms with Crippen LogP contribution in [0.5, 0.6) is 5.75 Å². The van der Waals surface area contributed by atoms with Crippen molar-refractivity contribution >= 4 is 10.9 Å². The summed E-state index contributed by atoms with van der Waals surface area (Å²) in [5.74, 6) is 0.348. The summed E-state index contributed by atoms with van der Waals surface area (Å²) in [4.78, 5) is 6.36. The highest BCUT2D eigenvalue weighted by Gasteiger charge is 2.24. The van der Waals surface area contributed by atoms with Gasteiger partial charge >= 0.3 is 0 Å². The molecule has 8 nitrogen and oxygen atoms in total. The summed E-state index contributed by atoms with van der Waals surface area (Å²) in [6, 6.07) is 15.2. The lowest BCUT2D eigenvalue weighted by molar-refractivity contribution is 0.159. The summed E-state index contributed by atoms with van der Waals surface area (Å²) in [5.41, 5.74) is 5.24. The highest BCUT2D eigenvalue weighted by Crippen LogP contribution is 2.31. The van der Waals surface area contributed by atoms with Crippen LogP contribution in [0, 0.1) is 5.82 Å². The second kappa shape index (κ2) is 9.50. The number of methoxy groups -OCH3 is 1. The van der Waals surface area contributed by atoms with Crippen LogP contribution in [0.1, 0.15) is 24.4 Å². The molecule has 0 aliphatic carbocycles. The molecule has 1 aliphatic rings. The Hall–Kier alpha value is -4.11. The number of piperidine rings is 1. The minimum Gasteiger partial charge on any atom is -0.496 e. The molecule has 36 heavy (non-hydrogen) atoms. The number of aromatic nitrogens is 6. The Morgan fingerprint density at radius 3 is 2.86 bits per heavy atom. The molecular formula is C27H26FN7O. The van der Waals surface area contributed by atoms with Gasteiger partial charge in [-0.1, -0.05) is 17.3 Å². The van der Waals surface area contributed by atoms with Crippen molar-refractivity contribution < 1.29 is 9.13 Å². The number of benzene rings is 2. The largest absolute Gasteiger partial charge is 0.496 e. The Kier molecular flexibility index (Phi) is 5.90. The minimum absolute atomic E-state index is 0.169. The smallest absolute Gasteiger partial charge is 0.131 e. The number of H-pyrrole nitrogens is 1. The molecule has 4 heterocycles. The molecule has 0 bridgehead atoms. The lowest BCUT2D eigenvalue weighted by Gasteiger charge is -2.32. The number of halogens is 1. The lowest BCUT2D eigenvalue weighted by atomic mass is 10.0. The van der Waals surface area contributed by atoms with Crippen LogP contribution in [0.4, 0.5) is 4.39 Å². The molecule has 1 aliphatic heterocycles. The van der Waals surface area contributed by atoms with E-state index in [1.165, 1.54) is 6.07 Å². The van der Waals surface area contributed by atoms with Crippen molar-refractivity contribution in [1.29, 1.82) is 0 Å². The fraction of sp³-hybridized carbons (Fsp3) is 0.259. The van der Waals surface area contributed by atoms with Gasteiger partial charge in [0.1, 0.15) is 23.0 Å². The monoisotopic (exact) mass is 483 g/mol. The Morgan fingerprint density at radius 1 is 1.11 bits per heavy atom. The molecule has 0 saturated carbocycles. The van der Waals surface area contributed by atoms with Crippen molar-refractivity contribution in [3.63, 3.8) is 0 Å². The number of likely N-dealkylation sites (tertiary alicyclic amines) is 1. The van der Waals surface area contributed by atoms with E-state index >= 15 is 0 Å². The lowest BCUT2D eigenvalue weighted by Crippen LogP contribution is -2.36. The number of nitrogens with one attached hydrogen (secondary N) is 1. The molecule has 1 atom stereocenters. The zero-order valence-corrected chi connectivity index (χ0v) is 19.9. The van der Waals surface area contributed by atoms with Crippen molar-refractivity contribution in [3.05, 3.63) is 78.5 Å². The summed E-state index contributed by atoms with van der Waals surface area (Å²) in [6.07, 6.45) is 7.54. The van der Waals surface area contributed by atoms with Crippen molar-refractivity contribution in [2.45, 2.75) is 25.4 Å². The van der Waals surface area contributed by atoms with Crippen LogP contribution in [0.3, 0.4) is 0 Å². The van der Waals surface area contributed by atoms with E-state index in [9.17, 15) is 4.39 Å². The van der Waals surface area contributed by atoms with Gasteiger partial charge < -0.3 is 4.74 Å².